The summed E-state index contributed by atoms with van der Waals surface area (Å²) >= 11 is 0. The number of rotatable bonds is 7. The average Bonchev–Trinajstić information content (AvgIpc) is 2.68. The third kappa shape index (κ3) is 4.44. The summed E-state index contributed by atoms with van der Waals surface area (Å²) in [6.45, 7) is 8.99. The Hall–Kier alpha value is -1.88. The smallest absolute Gasteiger partial charge is 0.119 e. The number of benzene rings is 2. The van der Waals surface area contributed by atoms with Gasteiger partial charge in [0.15, 0.2) is 0 Å². The fraction of sp³-hybridized carbons (Fsp3) is 0.455. The van der Waals surface area contributed by atoms with Crippen molar-refractivity contribution in [1.82, 2.24) is 0 Å². The van der Waals surface area contributed by atoms with Crippen molar-refractivity contribution in [3.63, 3.8) is 0 Å². The van der Waals surface area contributed by atoms with Gasteiger partial charge in [-0.1, -0.05) is 42.5 Å². The lowest BCUT2D eigenvalue weighted by Gasteiger charge is -2.36. The number of nitrogens with one attached hydrogen (secondary N) is 1. The Morgan fingerprint density at radius 3 is 2.35 bits per heavy atom. The summed E-state index contributed by atoms with van der Waals surface area (Å²) in [5, 5.41) is 11.6. The minimum Gasteiger partial charge on any atom is -0.494 e. The maximum atomic E-state index is 11.6. The predicted molar refractivity (Wildman–Crippen MR) is 103 cm³/mol. The van der Waals surface area contributed by atoms with Crippen LogP contribution in [-0.2, 0) is 10.3 Å². The fourth-order valence-electron chi connectivity index (χ4n) is 3.74. The SMILES string of the molecule is CCOc1ccc(C(C)(O)C(C[NH+]2CCOCC2)c2ccccc2)cc1. The van der Waals surface area contributed by atoms with Crippen LogP contribution in [-0.4, -0.2) is 44.6 Å². The molecule has 3 rings (SSSR count). The van der Waals surface area contributed by atoms with Crippen molar-refractivity contribution >= 4 is 0 Å². The van der Waals surface area contributed by atoms with Crippen molar-refractivity contribution in [2.75, 3.05) is 39.5 Å². The Balaban J connectivity index is 1.88. The summed E-state index contributed by atoms with van der Waals surface area (Å²) in [5.41, 5.74) is 1.13. The first-order chi connectivity index (χ1) is 12.6. The number of ether oxygens (including phenoxy) is 2. The monoisotopic (exact) mass is 356 g/mol. The van der Waals surface area contributed by atoms with E-state index in [9.17, 15) is 5.11 Å². The molecule has 0 amide bonds. The van der Waals surface area contributed by atoms with E-state index in [0.29, 0.717) is 6.61 Å². The molecule has 4 nitrogen and oxygen atoms in total. The van der Waals surface area contributed by atoms with Gasteiger partial charge in [-0.25, -0.2) is 0 Å². The van der Waals surface area contributed by atoms with Crippen LogP contribution >= 0.6 is 0 Å². The van der Waals surface area contributed by atoms with Crippen molar-refractivity contribution in [3.8, 4) is 5.75 Å². The molecule has 1 aliphatic rings. The van der Waals surface area contributed by atoms with Crippen LogP contribution in [0.25, 0.3) is 0 Å². The zero-order chi connectivity index (χ0) is 18.4. The molecule has 2 aromatic rings. The Morgan fingerprint density at radius 1 is 1.08 bits per heavy atom. The Labute approximate surface area is 156 Å². The molecular weight excluding hydrogens is 326 g/mol. The summed E-state index contributed by atoms with van der Waals surface area (Å²) in [5.74, 6) is 0.844. The van der Waals surface area contributed by atoms with E-state index in [1.165, 1.54) is 10.5 Å². The van der Waals surface area contributed by atoms with E-state index < -0.39 is 5.60 Å². The Morgan fingerprint density at radius 2 is 1.73 bits per heavy atom. The van der Waals surface area contributed by atoms with Crippen LogP contribution in [0.1, 0.15) is 30.9 Å². The van der Waals surface area contributed by atoms with Gasteiger partial charge in [0, 0.05) is 0 Å². The summed E-state index contributed by atoms with van der Waals surface area (Å²) in [6.07, 6.45) is 0. The van der Waals surface area contributed by atoms with Gasteiger partial charge in [-0.15, -0.1) is 0 Å². The Kier molecular flexibility index (Phi) is 6.30. The van der Waals surface area contributed by atoms with Crippen molar-refractivity contribution in [3.05, 3.63) is 65.7 Å². The van der Waals surface area contributed by atoms with Crippen LogP contribution in [0.2, 0.25) is 0 Å². The quantitative estimate of drug-likeness (QED) is 0.797. The van der Waals surface area contributed by atoms with Crippen LogP contribution in [0.3, 0.4) is 0 Å². The molecule has 0 spiro atoms. The van der Waals surface area contributed by atoms with Crippen LogP contribution in [0.15, 0.2) is 54.6 Å². The highest BCUT2D eigenvalue weighted by molar-refractivity contribution is 5.34. The Bertz CT molecular complexity index is 664. The molecule has 0 saturated carbocycles. The summed E-state index contributed by atoms with van der Waals surface area (Å²) in [7, 11) is 0. The predicted octanol–water partition coefficient (Wildman–Crippen LogP) is 1.99. The molecule has 2 N–H and O–H groups in total. The van der Waals surface area contributed by atoms with Crippen LogP contribution in [0.4, 0.5) is 0 Å². The van der Waals surface area contributed by atoms with Gasteiger partial charge in [0.25, 0.3) is 0 Å². The third-order valence-corrected chi connectivity index (χ3v) is 5.32. The first-order valence-corrected chi connectivity index (χ1v) is 9.53. The first-order valence-electron chi connectivity index (χ1n) is 9.53. The number of aliphatic hydroxyl groups is 1. The fourth-order valence-corrected chi connectivity index (χ4v) is 3.74. The van der Waals surface area contributed by atoms with Gasteiger partial charge in [-0.05, 0) is 37.1 Å². The van der Waals surface area contributed by atoms with Crippen molar-refractivity contribution < 1.29 is 19.5 Å². The molecule has 0 radical (unpaired) electrons. The molecule has 140 valence electrons. The lowest BCUT2D eigenvalue weighted by atomic mass is 9.78. The van der Waals surface area contributed by atoms with Gasteiger partial charge >= 0.3 is 0 Å². The molecule has 2 aromatic carbocycles. The van der Waals surface area contributed by atoms with E-state index in [1.807, 2.05) is 56.3 Å². The normalized spacial score (nSPS) is 18.9. The summed E-state index contributed by atoms with van der Waals surface area (Å²) in [6, 6.07) is 18.2. The second kappa shape index (κ2) is 8.67. The lowest BCUT2D eigenvalue weighted by Crippen LogP contribution is -3.14. The second-order valence-corrected chi connectivity index (χ2v) is 7.13. The van der Waals surface area contributed by atoms with E-state index in [-0.39, 0.29) is 5.92 Å². The van der Waals surface area contributed by atoms with Crippen LogP contribution < -0.4 is 9.64 Å². The third-order valence-electron chi connectivity index (χ3n) is 5.32. The van der Waals surface area contributed by atoms with Crippen LogP contribution in [0, 0.1) is 0 Å². The number of hydrogen-bond acceptors (Lipinski definition) is 3. The van der Waals surface area contributed by atoms with E-state index in [4.69, 9.17) is 9.47 Å². The lowest BCUT2D eigenvalue weighted by molar-refractivity contribution is -0.910. The van der Waals surface area contributed by atoms with E-state index >= 15 is 0 Å². The molecule has 0 aromatic heterocycles. The van der Waals surface area contributed by atoms with Gasteiger partial charge < -0.3 is 19.5 Å². The standard InChI is InChI=1S/C22H29NO3/c1-3-26-20-11-9-19(10-12-20)22(2,24)21(18-7-5-4-6-8-18)17-23-13-15-25-16-14-23/h4-12,21,24H,3,13-17H2,1-2H3/p+1. The van der Waals surface area contributed by atoms with Crippen molar-refractivity contribution in [1.29, 1.82) is 0 Å². The topological polar surface area (TPSA) is 43.1 Å². The highest BCUT2D eigenvalue weighted by atomic mass is 16.5. The highest BCUT2D eigenvalue weighted by Gasteiger charge is 2.38. The molecule has 1 fully saturated rings. The molecule has 1 saturated heterocycles. The molecule has 0 bridgehead atoms. The van der Waals surface area contributed by atoms with E-state index in [1.54, 1.807) is 0 Å². The van der Waals surface area contributed by atoms with Gasteiger partial charge in [-0.2, -0.15) is 0 Å². The molecular formula is C22H30NO3+. The molecule has 0 aliphatic carbocycles. The molecule has 1 heterocycles. The number of hydrogen-bond donors (Lipinski definition) is 2. The number of quaternary nitrogens is 1. The average molecular weight is 356 g/mol. The van der Waals surface area contributed by atoms with Gasteiger partial charge in [0.2, 0.25) is 0 Å². The van der Waals surface area contributed by atoms with Gasteiger partial charge in [0.1, 0.15) is 18.8 Å². The van der Waals surface area contributed by atoms with E-state index in [0.717, 1.165) is 44.2 Å². The van der Waals surface area contributed by atoms with Crippen molar-refractivity contribution in [2.24, 2.45) is 0 Å². The molecule has 26 heavy (non-hydrogen) atoms. The first kappa shape index (κ1) is 18.9. The van der Waals surface area contributed by atoms with Gasteiger partial charge in [-0.3, -0.25) is 0 Å². The maximum Gasteiger partial charge on any atom is 0.119 e. The highest BCUT2D eigenvalue weighted by Crippen LogP contribution is 2.36. The maximum absolute atomic E-state index is 11.6. The minimum absolute atomic E-state index is 0.00902. The second-order valence-electron chi connectivity index (χ2n) is 7.13. The largest absolute Gasteiger partial charge is 0.494 e. The summed E-state index contributed by atoms with van der Waals surface area (Å²) < 4.78 is 11.0. The number of morpholine rings is 1. The zero-order valence-corrected chi connectivity index (χ0v) is 15.8. The summed E-state index contributed by atoms with van der Waals surface area (Å²) in [4.78, 5) is 1.48. The zero-order valence-electron chi connectivity index (χ0n) is 15.8. The molecule has 4 heteroatoms. The van der Waals surface area contributed by atoms with Crippen LogP contribution in [0.5, 0.6) is 5.75 Å². The van der Waals surface area contributed by atoms with Gasteiger partial charge in [0.05, 0.1) is 37.9 Å². The van der Waals surface area contributed by atoms with E-state index in [2.05, 4.69) is 12.1 Å². The molecule has 2 unspecified atom stereocenters. The molecule has 2 atom stereocenters. The minimum atomic E-state index is -0.961. The van der Waals surface area contributed by atoms with Crippen molar-refractivity contribution in [2.45, 2.75) is 25.4 Å². The molecule has 1 aliphatic heterocycles.